The van der Waals surface area contributed by atoms with E-state index in [0.717, 1.165) is 17.5 Å². The van der Waals surface area contributed by atoms with Gasteiger partial charge in [0.2, 0.25) is 5.91 Å². The Labute approximate surface area is 177 Å². The molecule has 1 amide bonds. The minimum absolute atomic E-state index is 0.0313. The van der Waals surface area contributed by atoms with Crippen molar-refractivity contribution in [3.63, 3.8) is 0 Å². The minimum atomic E-state index is -1.07. The minimum Gasteiger partial charge on any atom is -0.489 e. The average Bonchev–Trinajstić information content (AvgIpc) is 2.74. The van der Waals surface area contributed by atoms with Crippen LogP contribution in [0.3, 0.4) is 0 Å². The van der Waals surface area contributed by atoms with E-state index in [1.807, 2.05) is 50.2 Å². The lowest BCUT2D eigenvalue weighted by Crippen LogP contribution is -2.30. The predicted molar refractivity (Wildman–Crippen MR) is 117 cm³/mol. The van der Waals surface area contributed by atoms with Gasteiger partial charge in [0.05, 0.1) is 6.61 Å². The van der Waals surface area contributed by atoms with Crippen LogP contribution in [0.1, 0.15) is 31.9 Å². The molecule has 0 fully saturated rings. The Hall–Kier alpha value is -3.28. The van der Waals surface area contributed by atoms with E-state index < -0.39 is 12.6 Å². The number of likely N-dealkylation sites (N-methyl/N-ethyl adjacent to an activating group) is 1. The summed E-state index contributed by atoms with van der Waals surface area (Å²) in [6.45, 7) is 6.88. The molecule has 2 rings (SSSR count). The lowest BCUT2D eigenvalue weighted by molar-refractivity contribution is -0.139. The van der Waals surface area contributed by atoms with Gasteiger partial charge in [-0.15, -0.1) is 0 Å². The van der Waals surface area contributed by atoms with Crippen LogP contribution in [0.5, 0.6) is 11.5 Å². The van der Waals surface area contributed by atoms with Gasteiger partial charge in [0, 0.05) is 25.1 Å². The molecule has 0 aliphatic carbocycles. The van der Waals surface area contributed by atoms with Gasteiger partial charge in [-0.2, -0.15) is 0 Å². The molecule has 0 radical (unpaired) electrons. The lowest BCUT2D eigenvalue weighted by atomic mass is 10.1. The summed E-state index contributed by atoms with van der Waals surface area (Å²) < 4.78 is 11.3. The van der Waals surface area contributed by atoms with Crippen molar-refractivity contribution in [1.82, 2.24) is 4.90 Å². The molecule has 0 aromatic heterocycles. The van der Waals surface area contributed by atoms with Gasteiger partial charge in [-0.05, 0) is 50.1 Å². The number of carbonyl (C=O) groups is 2. The molecule has 6 heteroatoms. The third-order valence-electron chi connectivity index (χ3n) is 4.58. The van der Waals surface area contributed by atoms with Crippen LogP contribution < -0.4 is 9.47 Å². The quantitative estimate of drug-likeness (QED) is 0.565. The summed E-state index contributed by atoms with van der Waals surface area (Å²) >= 11 is 0. The summed E-state index contributed by atoms with van der Waals surface area (Å²) in [6.07, 6.45) is 2.49. The zero-order chi connectivity index (χ0) is 21.9. The Morgan fingerprint density at radius 3 is 2.33 bits per heavy atom. The van der Waals surface area contributed by atoms with Crippen LogP contribution in [-0.4, -0.2) is 48.2 Å². The highest BCUT2D eigenvalue weighted by Crippen LogP contribution is 2.29. The van der Waals surface area contributed by atoms with E-state index in [2.05, 4.69) is 0 Å². The molecule has 0 saturated carbocycles. The van der Waals surface area contributed by atoms with Gasteiger partial charge in [0.1, 0.15) is 0 Å². The van der Waals surface area contributed by atoms with Crippen molar-refractivity contribution in [3.05, 3.63) is 65.2 Å². The third kappa shape index (κ3) is 6.95. The molecular formula is C24H29NO5. The number of carboxylic acids is 1. The molecule has 0 aliphatic heterocycles. The highest BCUT2D eigenvalue weighted by atomic mass is 16.5. The second-order valence-corrected chi connectivity index (χ2v) is 6.78. The number of amides is 1. The van der Waals surface area contributed by atoms with Gasteiger partial charge >= 0.3 is 5.97 Å². The molecule has 6 nitrogen and oxygen atoms in total. The molecule has 30 heavy (non-hydrogen) atoms. The number of ether oxygens (including phenoxy) is 2. The van der Waals surface area contributed by atoms with Crippen molar-refractivity contribution < 1.29 is 24.2 Å². The summed E-state index contributed by atoms with van der Waals surface area (Å²) in [5, 5.41) is 8.97. The first kappa shape index (κ1) is 23.0. The van der Waals surface area contributed by atoms with E-state index in [4.69, 9.17) is 14.6 Å². The lowest BCUT2D eigenvalue weighted by Gasteiger charge is -2.19. The van der Waals surface area contributed by atoms with Crippen LogP contribution in [-0.2, 0) is 16.0 Å². The normalized spacial score (nSPS) is 11.1. The van der Waals surface area contributed by atoms with Crippen molar-refractivity contribution in [3.8, 4) is 11.5 Å². The number of carbonyl (C=O) groups excluding carboxylic acids is 1. The highest BCUT2D eigenvalue weighted by molar-refractivity contribution is 5.97. The predicted octanol–water partition coefficient (Wildman–Crippen LogP) is 4.04. The molecule has 2 aromatic carbocycles. The van der Waals surface area contributed by atoms with Crippen molar-refractivity contribution in [2.45, 2.75) is 27.2 Å². The molecule has 0 spiro atoms. The van der Waals surface area contributed by atoms with Gasteiger partial charge in [-0.25, -0.2) is 4.79 Å². The number of carboxylic acid groups (broad SMARTS) is 1. The topological polar surface area (TPSA) is 76.1 Å². The van der Waals surface area contributed by atoms with Gasteiger partial charge in [-0.1, -0.05) is 36.4 Å². The molecule has 0 unspecified atom stereocenters. The van der Waals surface area contributed by atoms with E-state index in [-0.39, 0.29) is 5.91 Å². The number of benzene rings is 2. The monoisotopic (exact) mass is 411 g/mol. The number of aliphatic carboxylic acids is 1. The maximum absolute atomic E-state index is 12.5. The van der Waals surface area contributed by atoms with Gasteiger partial charge in [0.25, 0.3) is 0 Å². The van der Waals surface area contributed by atoms with Crippen LogP contribution in [0.4, 0.5) is 0 Å². The first-order valence-electron chi connectivity index (χ1n) is 10.1. The summed E-state index contributed by atoms with van der Waals surface area (Å²) in [7, 11) is 0. The number of hydrogen-bond donors (Lipinski definition) is 1. The zero-order valence-electron chi connectivity index (χ0n) is 17.8. The molecule has 0 saturated heterocycles. The van der Waals surface area contributed by atoms with Crippen molar-refractivity contribution >= 4 is 18.0 Å². The fraction of sp³-hybridized carbons (Fsp3) is 0.333. The fourth-order valence-electron chi connectivity index (χ4n) is 2.98. The molecule has 0 atom stereocenters. The Kier molecular flexibility index (Phi) is 8.94. The fourth-order valence-corrected chi connectivity index (χ4v) is 2.98. The van der Waals surface area contributed by atoms with Gasteiger partial charge in [0.15, 0.2) is 18.1 Å². The maximum atomic E-state index is 12.5. The van der Waals surface area contributed by atoms with Crippen LogP contribution in [0.25, 0.3) is 6.08 Å². The average molecular weight is 411 g/mol. The van der Waals surface area contributed by atoms with Crippen LogP contribution in [0, 0.1) is 0 Å². The summed E-state index contributed by atoms with van der Waals surface area (Å²) in [5.41, 5.74) is 2.49. The van der Waals surface area contributed by atoms with E-state index in [1.165, 1.54) is 0 Å². The molecule has 0 bridgehead atoms. The molecule has 0 aliphatic rings. The molecular weight excluding hydrogens is 382 g/mol. The molecule has 1 N–H and O–H groups in total. The Morgan fingerprint density at radius 1 is 1.00 bits per heavy atom. The molecule has 2 aromatic rings. The largest absolute Gasteiger partial charge is 0.489 e. The van der Waals surface area contributed by atoms with Crippen LogP contribution in [0.15, 0.2) is 54.1 Å². The molecule has 160 valence electrons. The van der Waals surface area contributed by atoms with Gasteiger partial charge in [-0.3, -0.25) is 4.79 Å². The standard InChI is InChI=1S/C24H29NO5/c1-4-25(5-2)24(28)18(3)15-20-11-12-21(22(16-20)30-17-23(26)27)29-14-13-19-9-7-6-8-10-19/h6-12,15-16H,4-5,13-14,17H2,1-3H3,(H,26,27). The van der Waals surface area contributed by atoms with Crippen molar-refractivity contribution in [2.75, 3.05) is 26.3 Å². The molecule has 0 heterocycles. The zero-order valence-corrected chi connectivity index (χ0v) is 17.8. The van der Waals surface area contributed by atoms with Crippen LogP contribution in [0.2, 0.25) is 0 Å². The first-order chi connectivity index (χ1) is 14.4. The highest BCUT2D eigenvalue weighted by Gasteiger charge is 2.13. The maximum Gasteiger partial charge on any atom is 0.341 e. The number of hydrogen-bond acceptors (Lipinski definition) is 4. The van der Waals surface area contributed by atoms with E-state index in [1.54, 1.807) is 30.0 Å². The van der Waals surface area contributed by atoms with Crippen LogP contribution >= 0.6 is 0 Å². The van der Waals surface area contributed by atoms with E-state index >= 15 is 0 Å². The van der Waals surface area contributed by atoms with Crippen molar-refractivity contribution in [2.24, 2.45) is 0 Å². The number of rotatable bonds is 11. The SMILES string of the molecule is CCN(CC)C(=O)C(C)=Cc1ccc(OCCc2ccccc2)c(OCC(=O)O)c1. The summed E-state index contributed by atoms with van der Waals surface area (Å²) in [6, 6.07) is 15.2. The Bertz CT molecular complexity index is 872. The number of nitrogens with zero attached hydrogens (tertiary/aromatic N) is 1. The van der Waals surface area contributed by atoms with E-state index in [0.29, 0.717) is 36.8 Å². The van der Waals surface area contributed by atoms with E-state index in [9.17, 15) is 9.59 Å². The second kappa shape index (κ2) is 11.7. The summed E-state index contributed by atoms with van der Waals surface area (Å²) in [5.74, 6) is -0.297. The second-order valence-electron chi connectivity index (χ2n) is 6.78. The van der Waals surface area contributed by atoms with Gasteiger partial charge < -0.3 is 19.5 Å². The third-order valence-corrected chi connectivity index (χ3v) is 4.58. The Balaban J connectivity index is 2.16. The first-order valence-corrected chi connectivity index (χ1v) is 10.1. The summed E-state index contributed by atoms with van der Waals surface area (Å²) in [4.78, 5) is 25.2. The smallest absolute Gasteiger partial charge is 0.341 e. The van der Waals surface area contributed by atoms with Crippen molar-refractivity contribution in [1.29, 1.82) is 0 Å². The Morgan fingerprint density at radius 2 is 1.70 bits per heavy atom.